The molecule has 12 heteroatoms. The van der Waals surface area contributed by atoms with Gasteiger partial charge in [0, 0.05) is 11.8 Å². The van der Waals surface area contributed by atoms with Crippen molar-refractivity contribution in [2.75, 3.05) is 12.4 Å². The van der Waals surface area contributed by atoms with Crippen molar-refractivity contribution in [3.05, 3.63) is 76.3 Å². The van der Waals surface area contributed by atoms with Crippen LogP contribution in [-0.2, 0) is 24.1 Å². The highest BCUT2D eigenvalue weighted by atomic mass is 19.4. The fraction of sp³-hybridized carbons (Fsp3) is 0.190. The lowest BCUT2D eigenvalue weighted by atomic mass is 10.1. The number of rotatable bonds is 6. The highest BCUT2D eigenvalue weighted by molar-refractivity contribution is 5.90. The number of carbonyl (C=O) groups excluding carboxylic acids is 1. The van der Waals surface area contributed by atoms with Crippen LogP contribution in [0.4, 0.5) is 18.9 Å². The standard InChI is InChI=1S/C21H17F3N6O3/c1-33-16-7-3-6-15(9-16)26-17(31)11-29-12-25-19-18(20(29)32)27-28-30(19)10-13-4-2-5-14(8-13)21(22,23)24/h2-9,12H,10-11H2,1H3,(H,26,31). The number of fused-ring (bicyclic) bond motifs is 1. The Morgan fingerprint density at radius 3 is 2.70 bits per heavy atom. The summed E-state index contributed by atoms with van der Waals surface area (Å²) in [7, 11) is 1.50. The lowest BCUT2D eigenvalue weighted by Crippen LogP contribution is -2.28. The van der Waals surface area contributed by atoms with Gasteiger partial charge in [0.25, 0.3) is 5.56 Å². The van der Waals surface area contributed by atoms with Crippen LogP contribution in [0, 0.1) is 0 Å². The summed E-state index contributed by atoms with van der Waals surface area (Å²) in [5.74, 6) is 0.0910. The van der Waals surface area contributed by atoms with Crippen LogP contribution in [0.2, 0.25) is 0 Å². The van der Waals surface area contributed by atoms with Gasteiger partial charge >= 0.3 is 6.18 Å². The van der Waals surface area contributed by atoms with E-state index in [9.17, 15) is 22.8 Å². The molecule has 2 aromatic heterocycles. The number of halogens is 3. The van der Waals surface area contributed by atoms with Gasteiger partial charge in [-0.05, 0) is 29.8 Å². The summed E-state index contributed by atoms with van der Waals surface area (Å²) in [6.07, 6.45) is -3.31. The van der Waals surface area contributed by atoms with E-state index in [0.717, 1.165) is 16.7 Å². The molecule has 0 aliphatic rings. The Bertz CT molecular complexity index is 1380. The number of nitrogens with one attached hydrogen (secondary N) is 1. The third kappa shape index (κ3) is 4.84. The zero-order valence-electron chi connectivity index (χ0n) is 17.2. The van der Waals surface area contributed by atoms with Gasteiger partial charge in [-0.25, -0.2) is 9.67 Å². The first kappa shape index (κ1) is 22.0. The van der Waals surface area contributed by atoms with E-state index >= 15 is 0 Å². The second kappa shape index (κ2) is 8.73. The molecule has 4 aromatic rings. The maximum absolute atomic E-state index is 12.9. The summed E-state index contributed by atoms with van der Waals surface area (Å²) in [6, 6.07) is 11.5. The average molecular weight is 458 g/mol. The van der Waals surface area contributed by atoms with Gasteiger partial charge in [-0.1, -0.05) is 23.4 Å². The fourth-order valence-corrected chi connectivity index (χ4v) is 3.18. The number of amides is 1. The summed E-state index contributed by atoms with van der Waals surface area (Å²) in [5, 5.41) is 10.3. The van der Waals surface area contributed by atoms with Crippen molar-refractivity contribution < 1.29 is 22.7 Å². The normalized spacial score (nSPS) is 11.5. The molecule has 0 bridgehead atoms. The van der Waals surface area contributed by atoms with Crippen molar-refractivity contribution in [3.63, 3.8) is 0 Å². The monoisotopic (exact) mass is 458 g/mol. The number of alkyl halides is 3. The van der Waals surface area contributed by atoms with Crippen LogP contribution >= 0.6 is 0 Å². The third-order valence-corrected chi connectivity index (χ3v) is 4.75. The number of benzene rings is 2. The van der Waals surface area contributed by atoms with Gasteiger partial charge in [-0.3, -0.25) is 14.2 Å². The molecule has 0 aliphatic carbocycles. The highest BCUT2D eigenvalue weighted by Crippen LogP contribution is 2.29. The van der Waals surface area contributed by atoms with Gasteiger partial charge in [0.15, 0.2) is 11.2 Å². The van der Waals surface area contributed by atoms with Crippen molar-refractivity contribution in [2.24, 2.45) is 0 Å². The molecule has 1 amide bonds. The number of hydrogen-bond donors (Lipinski definition) is 1. The molecule has 0 spiro atoms. The number of methoxy groups -OCH3 is 1. The number of aromatic nitrogens is 5. The first-order valence-corrected chi connectivity index (χ1v) is 9.63. The minimum atomic E-state index is -4.47. The molecule has 0 aliphatic heterocycles. The Hall–Kier alpha value is -4.22. The second-order valence-corrected chi connectivity index (χ2v) is 7.08. The van der Waals surface area contributed by atoms with Crippen LogP contribution in [0.5, 0.6) is 5.75 Å². The minimum absolute atomic E-state index is 0.0623. The summed E-state index contributed by atoms with van der Waals surface area (Å²) in [5.41, 5.74) is -0.577. The van der Waals surface area contributed by atoms with E-state index in [0.29, 0.717) is 17.0 Å². The first-order chi connectivity index (χ1) is 15.7. The van der Waals surface area contributed by atoms with Gasteiger partial charge in [-0.2, -0.15) is 13.2 Å². The second-order valence-electron chi connectivity index (χ2n) is 7.08. The molecular formula is C21H17F3N6O3. The molecule has 4 rings (SSSR count). The van der Waals surface area contributed by atoms with Crippen LogP contribution in [-0.4, -0.2) is 37.6 Å². The average Bonchev–Trinajstić information content (AvgIpc) is 3.19. The molecule has 2 aromatic carbocycles. The molecule has 0 saturated carbocycles. The van der Waals surface area contributed by atoms with E-state index < -0.39 is 23.2 Å². The molecule has 2 heterocycles. The fourth-order valence-electron chi connectivity index (χ4n) is 3.18. The molecule has 0 radical (unpaired) electrons. The molecule has 33 heavy (non-hydrogen) atoms. The largest absolute Gasteiger partial charge is 0.497 e. The lowest BCUT2D eigenvalue weighted by Gasteiger charge is -2.09. The highest BCUT2D eigenvalue weighted by Gasteiger charge is 2.30. The number of ether oxygens (including phenoxy) is 1. The zero-order chi connectivity index (χ0) is 23.6. The Kier molecular flexibility index (Phi) is 5.82. The van der Waals surface area contributed by atoms with E-state index in [2.05, 4.69) is 20.6 Å². The number of anilines is 1. The topological polar surface area (TPSA) is 104 Å². The smallest absolute Gasteiger partial charge is 0.416 e. The summed E-state index contributed by atoms with van der Waals surface area (Å²) >= 11 is 0. The van der Waals surface area contributed by atoms with Gasteiger partial charge < -0.3 is 10.1 Å². The lowest BCUT2D eigenvalue weighted by molar-refractivity contribution is -0.137. The van der Waals surface area contributed by atoms with E-state index in [1.54, 1.807) is 24.3 Å². The van der Waals surface area contributed by atoms with Crippen LogP contribution < -0.4 is 15.6 Å². The molecule has 170 valence electrons. The quantitative estimate of drug-likeness (QED) is 0.477. The molecule has 0 unspecified atom stereocenters. The predicted octanol–water partition coefficient (Wildman–Crippen LogP) is 2.70. The minimum Gasteiger partial charge on any atom is -0.497 e. The molecule has 9 nitrogen and oxygen atoms in total. The van der Waals surface area contributed by atoms with E-state index in [-0.39, 0.29) is 24.3 Å². The summed E-state index contributed by atoms with van der Waals surface area (Å²) in [4.78, 5) is 29.2. The maximum atomic E-state index is 12.9. The summed E-state index contributed by atoms with van der Waals surface area (Å²) in [6.45, 7) is -0.382. The predicted molar refractivity (Wildman–Crippen MR) is 112 cm³/mol. The van der Waals surface area contributed by atoms with Gasteiger partial charge in [0.2, 0.25) is 5.91 Å². The molecule has 0 atom stereocenters. The Balaban J connectivity index is 1.53. The van der Waals surface area contributed by atoms with E-state index in [4.69, 9.17) is 4.74 Å². The van der Waals surface area contributed by atoms with E-state index in [1.807, 2.05) is 0 Å². The third-order valence-electron chi connectivity index (χ3n) is 4.75. The summed E-state index contributed by atoms with van der Waals surface area (Å²) < 4.78 is 46.2. The molecule has 0 saturated heterocycles. The van der Waals surface area contributed by atoms with E-state index in [1.165, 1.54) is 30.3 Å². The van der Waals surface area contributed by atoms with Crippen molar-refractivity contribution in [3.8, 4) is 5.75 Å². The molecule has 0 fully saturated rings. The van der Waals surface area contributed by atoms with Crippen LogP contribution in [0.3, 0.4) is 0 Å². The van der Waals surface area contributed by atoms with Crippen LogP contribution in [0.1, 0.15) is 11.1 Å². The Morgan fingerprint density at radius 1 is 1.15 bits per heavy atom. The van der Waals surface area contributed by atoms with Gasteiger partial charge in [0.1, 0.15) is 18.6 Å². The van der Waals surface area contributed by atoms with Gasteiger partial charge in [0.05, 0.1) is 19.2 Å². The Labute approximate surface area is 184 Å². The van der Waals surface area contributed by atoms with Crippen LogP contribution in [0.15, 0.2) is 59.7 Å². The zero-order valence-corrected chi connectivity index (χ0v) is 17.2. The number of hydrogen-bond acceptors (Lipinski definition) is 6. The number of nitrogens with zero attached hydrogens (tertiary/aromatic N) is 5. The van der Waals surface area contributed by atoms with Gasteiger partial charge in [-0.15, -0.1) is 5.10 Å². The first-order valence-electron chi connectivity index (χ1n) is 9.63. The van der Waals surface area contributed by atoms with Crippen molar-refractivity contribution >= 4 is 22.8 Å². The molecule has 1 N–H and O–H groups in total. The molecular weight excluding hydrogens is 441 g/mol. The Morgan fingerprint density at radius 2 is 1.94 bits per heavy atom. The van der Waals surface area contributed by atoms with Crippen molar-refractivity contribution in [1.29, 1.82) is 0 Å². The van der Waals surface area contributed by atoms with Crippen molar-refractivity contribution in [2.45, 2.75) is 19.3 Å². The SMILES string of the molecule is COc1cccc(NC(=O)Cn2cnc3c(nnn3Cc3cccc(C(F)(F)F)c3)c2=O)c1. The van der Waals surface area contributed by atoms with Crippen molar-refractivity contribution in [1.82, 2.24) is 24.5 Å². The maximum Gasteiger partial charge on any atom is 0.416 e. The number of carbonyl (C=O) groups is 1. The van der Waals surface area contributed by atoms with Crippen LogP contribution in [0.25, 0.3) is 11.2 Å².